The SMILES string of the molecule is CCS(=O)(=O)NC(C)(C)c1cncc(-c2ccc(C#N)c(Cl)c2)c1. The van der Waals surface area contributed by atoms with Crippen molar-refractivity contribution in [2.75, 3.05) is 5.75 Å². The first-order valence-electron chi connectivity index (χ1n) is 7.35. The van der Waals surface area contributed by atoms with Crippen LogP contribution in [0.3, 0.4) is 0 Å². The number of nitriles is 1. The molecule has 1 heterocycles. The third-order valence-corrected chi connectivity index (χ3v) is 5.57. The van der Waals surface area contributed by atoms with Gasteiger partial charge in [0.2, 0.25) is 10.0 Å². The summed E-state index contributed by atoms with van der Waals surface area (Å²) in [5.74, 6) is 0.00871. The second-order valence-electron chi connectivity index (χ2n) is 5.90. The summed E-state index contributed by atoms with van der Waals surface area (Å²) in [6, 6.07) is 9.01. The minimum absolute atomic E-state index is 0.00871. The van der Waals surface area contributed by atoms with Crippen LogP contribution >= 0.6 is 11.6 Å². The number of nitrogens with zero attached hydrogens (tertiary/aromatic N) is 2. The highest BCUT2D eigenvalue weighted by atomic mass is 35.5. The molecular formula is C17H18ClN3O2S. The average Bonchev–Trinajstić information content (AvgIpc) is 2.54. The van der Waals surface area contributed by atoms with E-state index in [0.717, 1.165) is 16.7 Å². The highest BCUT2D eigenvalue weighted by Gasteiger charge is 2.26. The van der Waals surface area contributed by atoms with Gasteiger partial charge < -0.3 is 0 Å². The van der Waals surface area contributed by atoms with E-state index in [1.807, 2.05) is 12.1 Å². The number of aromatic nitrogens is 1. The summed E-state index contributed by atoms with van der Waals surface area (Å²) < 4.78 is 26.4. The van der Waals surface area contributed by atoms with Crippen molar-refractivity contribution in [2.24, 2.45) is 0 Å². The Bertz CT molecular complexity index is 902. The van der Waals surface area contributed by atoms with Crippen molar-refractivity contribution >= 4 is 21.6 Å². The van der Waals surface area contributed by atoms with Crippen molar-refractivity contribution in [2.45, 2.75) is 26.3 Å². The maximum Gasteiger partial charge on any atom is 0.212 e. The fourth-order valence-electron chi connectivity index (χ4n) is 2.24. The minimum atomic E-state index is -3.35. The molecule has 2 aromatic rings. The van der Waals surface area contributed by atoms with Crippen LogP contribution in [0.25, 0.3) is 11.1 Å². The van der Waals surface area contributed by atoms with Crippen LogP contribution < -0.4 is 4.72 Å². The molecule has 0 amide bonds. The zero-order chi connectivity index (χ0) is 18.0. The Morgan fingerprint density at radius 2 is 1.96 bits per heavy atom. The molecule has 7 heteroatoms. The fraction of sp³-hybridized carbons (Fsp3) is 0.294. The highest BCUT2D eigenvalue weighted by molar-refractivity contribution is 7.89. The third-order valence-electron chi connectivity index (χ3n) is 3.67. The molecule has 0 aliphatic heterocycles. The summed E-state index contributed by atoms with van der Waals surface area (Å²) in [4.78, 5) is 4.21. The van der Waals surface area contributed by atoms with Gasteiger partial charge in [-0.3, -0.25) is 4.98 Å². The predicted octanol–water partition coefficient (Wildman–Crippen LogP) is 3.45. The van der Waals surface area contributed by atoms with Crippen LogP contribution in [0.15, 0.2) is 36.7 Å². The number of pyridine rings is 1. The number of nitrogens with one attached hydrogen (secondary N) is 1. The van der Waals surface area contributed by atoms with E-state index >= 15 is 0 Å². The lowest BCUT2D eigenvalue weighted by molar-refractivity contribution is 0.471. The van der Waals surface area contributed by atoms with Crippen molar-refractivity contribution in [3.8, 4) is 17.2 Å². The summed E-state index contributed by atoms with van der Waals surface area (Å²) in [7, 11) is -3.35. The first-order chi connectivity index (χ1) is 11.2. The van der Waals surface area contributed by atoms with Gasteiger partial charge in [-0.1, -0.05) is 17.7 Å². The molecule has 0 bridgehead atoms. The predicted molar refractivity (Wildman–Crippen MR) is 95.0 cm³/mol. The topological polar surface area (TPSA) is 82.8 Å². The van der Waals surface area contributed by atoms with Gasteiger partial charge in [0.15, 0.2) is 0 Å². The molecule has 0 aliphatic rings. The molecule has 0 saturated carbocycles. The fourth-order valence-corrected chi connectivity index (χ4v) is 3.51. The van der Waals surface area contributed by atoms with Crippen molar-refractivity contribution in [1.82, 2.24) is 9.71 Å². The van der Waals surface area contributed by atoms with Crippen LogP contribution in [0, 0.1) is 11.3 Å². The third kappa shape index (κ3) is 4.12. The molecule has 24 heavy (non-hydrogen) atoms. The molecule has 0 atom stereocenters. The Hall–Kier alpha value is -1.94. The van der Waals surface area contributed by atoms with E-state index < -0.39 is 15.6 Å². The molecule has 0 fully saturated rings. The van der Waals surface area contributed by atoms with Crippen molar-refractivity contribution < 1.29 is 8.42 Å². The van der Waals surface area contributed by atoms with E-state index in [1.54, 1.807) is 51.4 Å². The van der Waals surface area contributed by atoms with Crippen LogP contribution in [0.5, 0.6) is 0 Å². The summed E-state index contributed by atoms with van der Waals surface area (Å²) in [5.41, 5.74) is 1.94. The normalized spacial score (nSPS) is 12.0. The molecule has 0 saturated heterocycles. The lowest BCUT2D eigenvalue weighted by atomic mass is 9.94. The quantitative estimate of drug-likeness (QED) is 0.881. The number of rotatable bonds is 5. The summed E-state index contributed by atoms with van der Waals surface area (Å²) in [5, 5.41) is 9.32. The highest BCUT2D eigenvalue weighted by Crippen LogP contribution is 2.28. The van der Waals surface area contributed by atoms with Crippen LogP contribution in [0.1, 0.15) is 31.9 Å². The molecule has 1 aromatic carbocycles. The lowest BCUT2D eigenvalue weighted by Crippen LogP contribution is -2.41. The standard InChI is InChI=1S/C17H18ClN3O2S/c1-4-24(22,23)21-17(2,3)15-7-14(10-20-11-15)12-5-6-13(9-19)16(18)8-12/h5-8,10-11,21H,4H2,1-3H3. The summed E-state index contributed by atoms with van der Waals surface area (Å²) in [6.07, 6.45) is 3.30. The molecule has 0 aliphatic carbocycles. The largest absolute Gasteiger partial charge is 0.264 e. The number of hydrogen-bond donors (Lipinski definition) is 1. The van der Waals surface area contributed by atoms with E-state index in [9.17, 15) is 8.42 Å². The van der Waals surface area contributed by atoms with Gasteiger partial charge in [-0.25, -0.2) is 13.1 Å². The molecule has 0 radical (unpaired) electrons. The van der Waals surface area contributed by atoms with Gasteiger partial charge in [0.05, 0.1) is 21.9 Å². The molecule has 0 spiro atoms. The monoisotopic (exact) mass is 363 g/mol. The van der Waals surface area contributed by atoms with E-state index in [0.29, 0.717) is 10.6 Å². The van der Waals surface area contributed by atoms with Crippen molar-refractivity contribution in [3.63, 3.8) is 0 Å². The Kier molecular flexibility index (Phi) is 5.29. The van der Waals surface area contributed by atoms with E-state index in [-0.39, 0.29) is 5.75 Å². The van der Waals surface area contributed by atoms with Gasteiger partial charge in [-0.15, -0.1) is 0 Å². The van der Waals surface area contributed by atoms with Crippen LogP contribution in [0.2, 0.25) is 5.02 Å². The molecule has 2 rings (SSSR count). The average molecular weight is 364 g/mol. The zero-order valence-electron chi connectivity index (χ0n) is 13.7. The smallest absolute Gasteiger partial charge is 0.212 e. The summed E-state index contributed by atoms with van der Waals surface area (Å²) >= 11 is 6.08. The second-order valence-corrected chi connectivity index (χ2v) is 8.32. The molecular weight excluding hydrogens is 346 g/mol. The Morgan fingerprint density at radius 3 is 2.54 bits per heavy atom. The number of benzene rings is 1. The van der Waals surface area contributed by atoms with E-state index in [1.165, 1.54) is 0 Å². The van der Waals surface area contributed by atoms with Crippen LogP contribution in [-0.2, 0) is 15.6 Å². The van der Waals surface area contributed by atoms with Crippen molar-refractivity contribution in [3.05, 3.63) is 52.8 Å². The molecule has 0 unspecified atom stereocenters. The Labute approximate surface area is 147 Å². The lowest BCUT2D eigenvalue weighted by Gasteiger charge is -2.26. The van der Waals surface area contributed by atoms with Gasteiger partial charge in [0, 0.05) is 18.0 Å². The maximum absolute atomic E-state index is 11.9. The first kappa shape index (κ1) is 18.4. The number of halogens is 1. The van der Waals surface area contributed by atoms with Gasteiger partial charge in [-0.2, -0.15) is 5.26 Å². The van der Waals surface area contributed by atoms with E-state index in [4.69, 9.17) is 16.9 Å². The second kappa shape index (κ2) is 6.89. The molecule has 5 nitrogen and oxygen atoms in total. The Morgan fingerprint density at radius 1 is 1.25 bits per heavy atom. The molecule has 1 aromatic heterocycles. The summed E-state index contributed by atoms with van der Waals surface area (Å²) in [6.45, 7) is 5.16. The zero-order valence-corrected chi connectivity index (χ0v) is 15.2. The Balaban J connectivity index is 2.42. The van der Waals surface area contributed by atoms with Crippen LogP contribution in [0.4, 0.5) is 0 Å². The number of hydrogen-bond acceptors (Lipinski definition) is 4. The van der Waals surface area contributed by atoms with Gasteiger partial charge >= 0.3 is 0 Å². The maximum atomic E-state index is 11.9. The van der Waals surface area contributed by atoms with Gasteiger partial charge in [0.1, 0.15) is 6.07 Å². The van der Waals surface area contributed by atoms with Gasteiger partial charge in [-0.05, 0) is 50.1 Å². The van der Waals surface area contributed by atoms with Crippen LogP contribution in [-0.4, -0.2) is 19.2 Å². The first-order valence-corrected chi connectivity index (χ1v) is 9.39. The molecule has 1 N–H and O–H groups in total. The molecule has 126 valence electrons. The minimum Gasteiger partial charge on any atom is -0.264 e. The number of sulfonamides is 1. The van der Waals surface area contributed by atoms with E-state index in [2.05, 4.69) is 9.71 Å². The van der Waals surface area contributed by atoms with Crippen molar-refractivity contribution in [1.29, 1.82) is 5.26 Å². The van der Waals surface area contributed by atoms with Gasteiger partial charge in [0.25, 0.3) is 0 Å².